The van der Waals surface area contributed by atoms with Gasteiger partial charge in [-0.2, -0.15) is 0 Å². The molecule has 1 rings (SSSR count). The van der Waals surface area contributed by atoms with Gasteiger partial charge in [-0.05, 0) is 12.6 Å². The fraction of sp³-hybridized carbons (Fsp3) is 0.300. The molecule has 0 fully saturated rings. The quantitative estimate of drug-likeness (QED) is 0.366. The Labute approximate surface area is 104 Å². The zero-order valence-corrected chi connectivity index (χ0v) is 9.92. The van der Waals surface area contributed by atoms with Crippen molar-refractivity contribution in [2.24, 2.45) is 11.6 Å². The molecule has 98 valence electrons. The summed E-state index contributed by atoms with van der Waals surface area (Å²) in [6.45, 7) is 0.386. The normalized spacial score (nSPS) is 10.4. The van der Waals surface area contributed by atoms with Crippen LogP contribution < -0.4 is 17.0 Å². The Kier molecular flexibility index (Phi) is 4.58. The molecule has 18 heavy (non-hydrogen) atoms. The summed E-state index contributed by atoms with van der Waals surface area (Å²) in [5.41, 5.74) is 8.13. The van der Waals surface area contributed by atoms with Crippen molar-refractivity contribution in [1.29, 1.82) is 0 Å². The fourth-order valence-corrected chi connectivity index (χ4v) is 1.65. The number of carbonyl (C=O) groups excluding carboxylic acids is 1. The molecule has 0 aliphatic heterocycles. The number of nitrogens with one attached hydrogen (secondary N) is 1. The number of nitrogens with zero attached hydrogens (tertiary/aromatic N) is 2. The molecule has 0 heterocycles. The predicted octanol–water partition coefficient (Wildman–Crippen LogP) is -0.202. The molecule has 1 aromatic carbocycles. The molecule has 1 amide bonds. The number of likely N-dealkylation sites (N-methyl/N-ethyl adjacent to an activating group) is 1. The minimum atomic E-state index is -0.521. The van der Waals surface area contributed by atoms with E-state index in [1.807, 2.05) is 0 Å². The number of rotatable bonds is 6. The molecule has 0 saturated carbocycles. The number of nitro groups is 1. The highest BCUT2D eigenvalue weighted by Crippen LogP contribution is 2.27. The smallest absolute Gasteiger partial charge is 0.293 e. The maximum atomic E-state index is 10.8. The van der Waals surface area contributed by atoms with Gasteiger partial charge in [0, 0.05) is 12.6 Å². The van der Waals surface area contributed by atoms with Gasteiger partial charge >= 0.3 is 0 Å². The number of nitrogen functional groups attached to an aromatic ring is 1. The van der Waals surface area contributed by atoms with Crippen molar-refractivity contribution in [3.8, 4) is 0 Å². The van der Waals surface area contributed by atoms with Crippen LogP contribution in [-0.4, -0.2) is 29.3 Å². The van der Waals surface area contributed by atoms with Gasteiger partial charge in [0.25, 0.3) is 5.69 Å². The van der Waals surface area contributed by atoms with Crippen molar-refractivity contribution < 1.29 is 9.72 Å². The lowest BCUT2D eigenvalue weighted by Crippen LogP contribution is -2.30. The van der Waals surface area contributed by atoms with E-state index in [2.05, 4.69) is 5.43 Å². The molecule has 0 unspecified atom stereocenters. The molecule has 0 saturated heterocycles. The lowest BCUT2D eigenvalue weighted by atomic mass is 10.1. The molecule has 8 nitrogen and oxygen atoms in total. The van der Waals surface area contributed by atoms with Crippen LogP contribution in [-0.2, 0) is 11.3 Å². The van der Waals surface area contributed by atoms with E-state index >= 15 is 0 Å². The molecular weight excluding hydrogens is 238 g/mol. The fourth-order valence-electron chi connectivity index (χ4n) is 1.65. The molecular formula is C10H15N5O3. The first kappa shape index (κ1) is 13.9. The zero-order valence-electron chi connectivity index (χ0n) is 9.92. The van der Waals surface area contributed by atoms with Crippen LogP contribution in [0.15, 0.2) is 18.2 Å². The van der Waals surface area contributed by atoms with Gasteiger partial charge in [0.2, 0.25) is 5.91 Å². The van der Waals surface area contributed by atoms with E-state index in [4.69, 9.17) is 11.6 Å². The highest BCUT2D eigenvalue weighted by molar-refractivity contribution is 5.76. The summed E-state index contributed by atoms with van der Waals surface area (Å²) in [7, 11) is 1.68. The molecule has 5 N–H and O–H groups in total. The largest absolute Gasteiger partial charge is 0.369 e. The number of anilines is 1. The molecule has 0 bridgehead atoms. The molecule has 0 aliphatic rings. The minimum absolute atomic E-state index is 0.0622. The molecule has 0 aliphatic carbocycles. The van der Waals surface area contributed by atoms with Gasteiger partial charge in [-0.15, -0.1) is 0 Å². The van der Waals surface area contributed by atoms with Crippen LogP contribution in [0.2, 0.25) is 0 Å². The first-order valence-electron chi connectivity index (χ1n) is 5.15. The Morgan fingerprint density at radius 3 is 2.72 bits per heavy atom. The maximum absolute atomic E-state index is 10.8. The predicted molar refractivity (Wildman–Crippen MR) is 66.4 cm³/mol. The number of nitro benzene ring substituents is 1. The number of amides is 1. The van der Waals surface area contributed by atoms with Crippen molar-refractivity contribution in [3.63, 3.8) is 0 Å². The number of hydrogen-bond donors (Lipinski definition) is 3. The lowest BCUT2D eigenvalue weighted by Gasteiger charge is -2.16. The second-order valence-electron chi connectivity index (χ2n) is 3.85. The minimum Gasteiger partial charge on any atom is -0.369 e. The Bertz CT molecular complexity index is 463. The van der Waals surface area contributed by atoms with Crippen molar-refractivity contribution in [2.75, 3.05) is 19.0 Å². The Balaban J connectivity index is 2.98. The number of para-hydroxylation sites is 1. The van der Waals surface area contributed by atoms with E-state index in [9.17, 15) is 14.9 Å². The average molecular weight is 253 g/mol. The number of benzene rings is 1. The number of nitrogens with two attached hydrogens (primary N) is 2. The van der Waals surface area contributed by atoms with Crippen molar-refractivity contribution in [2.45, 2.75) is 6.54 Å². The van der Waals surface area contributed by atoms with Gasteiger partial charge < -0.3 is 11.2 Å². The third kappa shape index (κ3) is 3.40. The van der Waals surface area contributed by atoms with Crippen LogP contribution in [0.3, 0.4) is 0 Å². The molecule has 0 spiro atoms. The summed E-state index contributed by atoms with van der Waals surface area (Å²) < 4.78 is 0. The van der Waals surface area contributed by atoms with Crippen LogP contribution in [0.25, 0.3) is 0 Å². The second-order valence-corrected chi connectivity index (χ2v) is 3.85. The van der Waals surface area contributed by atoms with E-state index in [1.165, 1.54) is 6.07 Å². The summed E-state index contributed by atoms with van der Waals surface area (Å²) in [6.07, 6.45) is 0. The third-order valence-electron chi connectivity index (χ3n) is 2.34. The Morgan fingerprint density at radius 1 is 1.56 bits per heavy atom. The van der Waals surface area contributed by atoms with Gasteiger partial charge in [-0.25, -0.2) is 0 Å². The van der Waals surface area contributed by atoms with Gasteiger partial charge in [0.15, 0.2) is 0 Å². The van der Waals surface area contributed by atoms with Crippen LogP contribution in [0, 0.1) is 10.1 Å². The summed E-state index contributed by atoms with van der Waals surface area (Å²) in [6, 6.07) is 4.61. The van der Waals surface area contributed by atoms with E-state index < -0.39 is 10.8 Å². The molecule has 1 aromatic rings. The Hall–Kier alpha value is -2.19. The third-order valence-corrected chi connectivity index (χ3v) is 2.34. The number of hydrogen-bond acceptors (Lipinski definition) is 6. The van der Waals surface area contributed by atoms with Crippen molar-refractivity contribution >= 4 is 17.3 Å². The van der Waals surface area contributed by atoms with Gasteiger partial charge in [-0.3, -0.25) is 25.7 Å². The van der Waals surface area contributed by atoms with E-state index in [0.717, 1.165) is 0 Å². The van der Waals surface area contributed by atoms with Crippen LogP contribution in [0.5, 0.6) is 0 Å². The van der Waals surface area contributed by atoms with Gasteiger partial charge in [-0.1, -0.05) is 12.1 Å². The summed E-state index contributed by atoms with van der Waals surface area (Å²) in [5, 5.41) is 10.8. The highest BCUT2D eigenvalue weighted by Gasteiger charge is 2.17. The maximum Gasteiger partial charge on any atom is 0.293 e. The van der Waals surface area contributed by atoms with Crippen LogP contribution in [0.1, 0.15) is 5.56 Å². The summed E-state index contributed by atoms with van der Waals surface area (Å²) in [4.78, 5) is 22.7. The monoisotopic (exact) mass is 253 g/mol. The molecule has 0 radical (unpaired) electrons. The van der Waals surface area contributed by atoms with Crippen molar-refractivity contribution in [1.82, 2.24) is 4.90 Å². The van der Waals surface area contributed by atoms with E-state index in [0.29, 0.717) is 12.1 Å². The second kappa shape index (κ2) is 5.94. The van der Waals surface area contributed by atoms with Crippen molar-refractivity contribution in [3.05, 3.63) is 33.9 Å². The van der Waals surface area contributed by atoms with E-state index in [1.54, 1.807) is 24.1 Å². The SMILES string of the molecule is CN(CC(N)=O)Cc1cccc([N+](=O)[O-])c1NN. The number of primary amides is 1. The number of carbonyl (C=O) groups is 1. The van der Waals surface area contributed by atoms with Gasteiger partial charge in [0.05, 0.1) is 11.5 Å². The molecule has 0 atom stereocenters. The highest BCUT2D eigenvalue weighted by atomic mass is 16.6. The lowest BCUT2D eigenvalue weighted by molar-refractivity contribution is -0.384. The summed E-state index contributed by atoms with van der Waals surface area (Å²) >= 11 is 0. The van der Waals surface area contributed by atoms with Gasteiger partial charge in [0.1, 0.15) is 5.69 Å². The standard InChI is InChI=1S/C10H15N5O3/c1-14(6-9(11)16)5-7-3-2-4-8(15(17)18)10(7)13-12/h2-4,13H,5-6,12H2,1H3,(H2,11,16). The average Bonchev–Trinajstić information content (AvgIpc) is 2.27. The number of hydrazine groups is 1. The Morgan fingerprint density at radius 2 is 2.22 bits per heavy atom. The summed E-state index contributed by atoms with van der Waals surface area (Å²) in [5.74, 6) is 4.83. The van der Waals surface area contributed by atoms with Crippen LogP contribution >= 0.6 is 0 Å². The van der Waals surface area contributed by atoms with Crippen LogP contribution in [0.4, 0.5) is 11.4 Å². The topological polar surface area (TPSA) is 128 Å². The first-order valence-corrected chi connectivity index (χ1v) is 5.15. The molecule has 0 aromatic heterocycles. The molecule has 8 heteroatoms. The zero-order chi connectivity index (χ0) is 13.7. The van der Waals surface area contributed by atoms with E-state index in [-0.39, 0.29) is 17.9 Å². The first-order chi connectivity index (χ1) is 8.45.